The molecule has 0 saturated heterocycles. The van der Waals surface area contributed by atoms with Gasteiger partial charge in [0.1, 0.15) is 24.4 Å². The third-order valence-electron chi connectivity index (χ3n) is 1.42. The van der Waals surface area contributed by atoms with Gasteiger partial charge >= 0.3 is 103 Å². The van der Waals surface area contributed by atoms with Crippen LogP contribution in [0.5, 0.6) is 0 Å². The molecule has 0 unspecified atom stereocenters. The van der Waals surface area contributed by atoms with Crippen LogP contribution in [0.2, 0.25) is 0 Å². The van der Waals surface area contributed by atoms with Crippen LogP contribution in [0.4, 0.5) is 4.79 Å². The Morgan fingerprint density at radius 2 is 1.39 bits per heavy atom. The van der Waals surface area contributed by atoms with Crippen LogP contribution in [0.15, 0.2) is 0 Å². The second-order valence-corrected chi connectivity index (χ2v) is 2.61. The molecule has 0 aliphatic heterocycles. The Bertz CT molecular complexity index is 211. The molecule has 0 heterocycles. The SMILES string of the molecule is O=C([O-])[O-].O=C[C@H](O)[C@@H](O)[C@H](O)[C@H](O)CO.[K+].[K+]. The van der Waals surface area contributed by atoms with Crippen molar-refractivity contribution in [3.05, 3.63) is 0 Å². The van der Waals surface area contributed by atoms with E-state index in [0.29, 0.717) is 0 Å². The van der Waals surface area contributed by atoms with Gasteiger partial charge in [0.15, 0.2) is 6.29 Å². The summed E-state index contributed by atoms with van der Waals surface area (Å²) in [6, 6.07) is 0. The van der Waals surface area contributed by atoms with Crippen LogP contribution in [0.25, 0.3) is 0 Å². The third-order valence-corrected chi connectivity index (χ3v) is 1.42. The average Bonchev–Trinajstić information content (AvgIpc) is 2.24. The molecule has 5 N–H and O–H groups in total. The predicted molar refractivity (Wildman–Crippen MR) is 42.6 cm³/mol. The van der Waals surface area contributed by atoms with E-state index < -0.39 is 37.2 Å². The molecule has 0 spiro atoms. The van der Waals surface area contributed by atoms with Crippen LogP contribution in [-0.4, -0.2) is 69.0 Å². The number of hydrogen-bond donors (Lipinski definition) is 5. The predicted octanol–water partition coefficient (Wildman–Crippen LogP) is -11.8. The van der Waals surface area contributed by atoms with Gasteiger partial charge in [-0.2, -0.15) is 0 Å². The van der Waals surface area contributed by atoms with E-state index in [0.717, 1.165) is 0 Å². The summed E-state index contributed by atoms with van der Waals surface area (Å²) in [6.45, 7) is -0.760. The van der Waals surface area contributed by atoms with Gasteiger partial charge in [0, 0.05) is 0 Å². The first-order valence-electron chi connectivity index (χ1n) is 3.94. The Labute approximate surface area is 188 Å². The molecular formula is C7H12K2O9. The molecule has 0 saturated carbocycles. The van der Waals surface area contributed by atoms with Crippen molar-refractivity contribution >= 4 is 12.4 Å². The summed E-state index contributed by atoms with van der Waals surface area (Å²) in [6.07, 6.45) is -9.17. The van der Waals surface area contributed by atoms with Crippen LogP contribution in [0, 0.1) is 0 Å². The molecule has 0 fully saturated rings. The summed E-state index contributed by atoms with van der Waals surface area (Å²) in [5.41, 5.74) is 0. The number of hydrogen-bond acceptors (Lipinski definition) is 9. The van der Waals surface area contributed by atoms with Crippen molar-refractivity contribution in [2.75, 3.05) is 6.61 Å². The number of carbonyl (C=O) groups excluding carboxylic acids is 2. The first kappa shape index (κ1) is 28.2. The molecule has 0 bridgehead atoms. The Balaban J connectivity index is -0.000000143. The topological polar surface area (TPSA) is 181 Å². The maximum absolute atomic E-state index is 9.90. The molecule has 4 atom stereocenters. The number of carboxylic acid groups (broad SMARTS) is 2. The second kappa shape index (κ2) is 17.1. The Hall–Kier alpha value is 2.01. The summed E-state index contributed by atoms with van der Waals surface area (Å²) < 4.78 is 0. The van der Waals surface area contributed by atoms with Crippen molar-refractivity contribution in [2.24, 2.45) is 0 Å². The molecule has 0 aromatic carbocycles. The molecule has 18 heavy (non-hydrogen) atoms. The zero-order chi connectivity index (χ0) is 13.3. The zero-order valence-electron chi connectivity index (χ0n) is 9.96. The number of aliphatic hydroxyl groups excluding tert-OH is 5. The Kier molecular flexibility index (Phi) is 26.7. The quantitative estimate of drug-likeness (QED) is 0.243. The Morgan fingerprint density at radius 1 is 1.06 bits per heavy atom. The van der Waals surface area contributed by atoms with Crippen LogP contribution in [-0.2, 0) is 4.79 Å². The van der Waals surface area contributed by atoms with Crippen molar-refractivity contribution in [2.45, 2.75) is 24.4 Å². The van der Waals surface area contributed by atoms with Crippen LogP contribution < -0.4 is 113 Å². The fourth-order valence-electron chi connectivity index (χ4n) is 0.618. The standard InChI is InChI=1S/C6H12O6.CH2O3.2K/c7-1-3(9)5(11)6(12)4(10)2-8;2-1(3)4;;/h1,3-6,8-12H,2H2;(H2,2,3,4);;/q;;2*+1/p-2/t3-,4+,5+,6+;;;/m0.../s1. The molecule has 11 heteroatoms. The van der Waals surface area contributed by atoms with Gasteiger partial charge in [-0.1, -0.05) is 0 Å². The van der Waals surface area contributed by atoms with Gasteiger partial charge in [0.25, 0.3) is 0 Å². The number of aldehydes is 1. The summed E-state index contributed by atoms with van der Waals surface area (Å²) >= 11 is 0. The van der Waals surface area contributed by atoms with E-state index >= 15 is 0 Å². The summed E-state index contributed by atoms with van der Waals surface area (Å²) in [5, 5.41) is 60.2. The smallest absolute Gasteiger partial charge is 0.652 e. The number of carbonyl (C=O) groups is 2. The third kappa shape index (κ3) is 16.1. The number of rotatable bonds is 5. The Morgan fingerprint density at radius 3 is 1.61 bits per heavy atom. The molecule has 0 aromatic rings. The van der Waals surface area contributed by atoms with Crippen molar-refractivity contribution < 1.29 is 148 Å². The molecular weight excluding hydrogens is 306 g/mol. The minimum atomic E-state index is -2.33. The molecule has 0 aromatic heterocycles. The minimum Gasteiger partial charge on any atom is -0.652 e. The second-order valence-electron chi connectivity index (χ2n) is 2.61. The largest absolute Gasteiger partial charge is 1.00 e. The van der Waals surface area contributed by atoms with Gasteiger partial charge in [0.2, 0.25) is 0 Å². The van der Waals surface area contributed by atoms with Crippen molar-refractivity contribution in [1.29, 1.82) is 0 Å². The molecule has 96 valence electrons. The fourth-order valence-corrected chi connectivity index (χ4v) is 0.618. The summed E-state index contributed by atoms with van der Waals surface area (Å²) in [4.78, 5) is 18.2. The van der Waals surface area contributed by atoms with E-state index in [4.69, 9.17) is 40.5 Å². The minimum absolute atomic E-state index is 0. The van der Waals surface area contributed by atoms with E-state index in [1.54, 1.807) is 0 Å². The summed E-state index contributed by atoms with van der Waals surface area (Å²) in [5.74, 6) is 0. The molecule has 0 amide bonds. The van der Waals surface area contributed by atoms with Crippen molar-refractivity contribution in [1.82, 2.24) is 0 Å². The molecule has 9 nitrogen and oxygen atoms in total. The van der Waals surface area contributed by atoms with Gasteiger partial charge in [-0.3, -0.25) is 0 Å². The van der Waals surface area contributed by atoms with E-state index in [-0.39, 0.29) is 109 Å². The average molecular weight is 318 g/mol. The summed E-state index contributed by atoms with van der Waals surface area (Å²) in [7, 11) is 0. The first-order valence-corrected chi connectivity index (χ1v) is 3.94. The van der Waals surface area contributed by atoms with Gasteiger partial charge in [-0.15, -0.1) is 0 Å². The van der Waals surface area contributed by atoms with E-state index in [1.165, 1.54) is 0 Å². The van der Waals surface area contributed by atoms with Crippen LogP contribution in [0.3, 0.4) is 0 Å². The first-order chi connectivity index (χ1) is 7.27. The normalized spacial score (nSPS) is 15.4. The van der Waals surface area contributed by atoms with Gasteiger partial charge in [-0.05, 0) is 6.16 Å². The van der Waals surface area contributed by atoms with Crippen molar-refractivity contribution in [3.63, 3.8) is 0 Å². The molecule has 0 aliphatic carbocycles. The zero-order valence-corrected chi connectivity index (χ0v) is 16.2. The van der Waals surface area contributed by atoms with Crippen molar-refractivity contribution in [3.8, 4) is 0 Å². The maximum atomic E-state index is 9.90. The molecule has 0 rings (SSSR count). The van der Waals surface area contributed by atoms with Crippen LogP contribution >= 0.6 is 0 Å². The maximum Gasteiger partial charge on any atom is 1.00 e. The van der Waals surface area contributed by atoms with Crippen LogP contribution in [0.1, 0.15) is 0 Å². The van der Waals surface area contributed by atoms with E-state index in [2.05, 4.69) is 0 Å². The van der Waals surface area contributed by atoms with E-state index in [9.17, 15) is 4.79 Å². The number of aliphatic hydroxyl groups is 5. The fraction of sp³-hybridized carbons (Fsp3) is 0.714. The monoisotopic (exact) mass is 318 g/mol. The molecule has 0 radical (unpaired) electrons. The van der Waals surface area contributed by atoms with Gasteiger partial charge < -0.3 is 45.3 Å². The molecule has 0 aliphatic rings. The van der Waals surface area contributed by atoms with Gasteiger partial charge in [-0.25, -0.2) is 0 Å². The van der Waals surface area contributed by atoms with E-state index in [1.807, 2.05) is 0 Å². The van der Waals surface area contributed by atoms with Gasteiger partial charge in [0.05, 0.1) is 6.61 Å².